The van der Waals surface area contributed by atoms with Crippen LogP contribution in [0.4, 0.5) is 5.13 Å². The Morgan fingerprint density at radius 3 is 2.89 bits per heavy atom. The number of thiazole rings is 1. The maximum atomic E-state index is 12.5. The fraction of sp³-hybridized carbons (Fsp3) is 0.158. The van der Waals surface area contributed by atoms with Crippen LogP contribution in [-0.4, -0.2) is 27.9 Å². The summed E-state index contributed by atoms with van der Waals surface area (Å²) in [6.07, 6.45) is 0.725. The minimum atomic E-state index is -0.921. The number of hydrogen-bond donors (Lipinski definition) is 1. The summed E-state index contributed by atoms with van der Waals surface area (Å²) in [5, 5.41) is 3.20. The van der Waals surface area contributed by atoms with E-state index >= 15 is 0 Å². The first-order valence-corrected chi connectivity index (χ1v) is 9.16. The number of para-hydroxylation sites is 1. The number of fused-ring (bicyclic) bond motifs is 2. The molecule has 0 aliphatic rings. The monoisotopic (exact) mass is 381 g/mol. The molecular formula is C19H15N3O4S. The topological polar surface area (TPSA) is 94.3 Å². The minimum Gasteiger partial charge on any atom is -0.449 e. The van der Waals surface area contributed by atoms with Gasteiger partial charge in [-0.05, 0) is 36.8 Å². The Kier molecular flexibility index (Phi) is 4.55. The average Bonchev–Trinajstić information content (AvgIpc) is 3.30. The van der Waals surface area contributed by atoms with Gasteiger partial charge in [0.15, 0.2) is 23.2 Å². The molecule has 1 atom stereocenters. The standard InChI is InChI=1S/C19H15N3O4S/c1-2-14(17(23)22-19-21-13-5-3-4-6-16(13)27-19)26-18(24)11-7-8-12-15(9-11)25-10-20-12/h3-10,14H,2H2,1H3,(H,21,22,23). The van der Waals surface area contributed by atoms with Gasteiger partial charge in [0.05, 0.1) is 15.8 Å². The molecule has 1 N–H and O–H groups in total. The second-order valence-corrected chi connectivity index (χ2v) is 6.84. The van der Waals surface area contributed by atoms with E-state index in [1.54, 1.807) is 25.1 Å². The van der Waals surface area contributed by atoms with Crippen LogP contribution in [0.25, 0.3) is 21.3 Å². The lowest BCUT2D eigenvalue weighted by atomic mass is 10.2. The molecule has 0 radical (unpaired) electrons. The molecule has 136 valence electrons. The Bertz CT molecular complexity index is 1100. The summed E-state index contributed by atoms with van der Waals surface area (Å²) in [7, 11) is 0. The fourth-order valence-corrected chi connectivity index (χ4v) is 3.48. The number of amides is 1. The number of esters is 1. The molecule has 0 fully saturated rings. The summed E-state index contributed by atoms with van der Waals surface area (Å²) in [6.45, 7) is 1.77. The molecule has 8 heteroatoms. The van der Waals surface area contributed by atoms with Gasteiger partial charge in [0.25, 0.3) is 5.91 Å². The molecule has 2 heterocycles. The smallest absolute Gasteiger partial charge is 0.339 e. The molecule has 4 rings (SSSR count). The van der Waals surface area contributed by atoms with Gasteiger partial charge in [0.1, 0.15) is 5.52 Å². The lowest BCUT2D eigenvalue weighted by Gasteiger charge is -2.15. The van der Waals surface area contributed by atoms with Gasteiger partial charge >= 0.3 is 5.97 Å². The van der Waals surface area contributed by atoms with Crippen molar-refractivity contribution in [3.05, 3.63) is 54.4 Å². The molecule has 0 aliphatic carbocycles. The number of carbonyl (C=O) groups excluding carboxylic acids is 2. The van der Waals surface area contributed by atoms with Crippen molar-refractivity contribution in [2.24, 2.45) is 0 Å². The number of anilines is 1. The third-order valence-corrected chi connectivity index (χ3v) is 4.96. The molecule has 4 aromatic rings. The van der Waals surface area contributed by atoms with Crippen LogP contribution < -0.4 is 5.32 Å². The first kappa shape index (κ1) is 17.2. The van der Waals surface area contributed by atoms with Crippen LogP contribution in [-0.2, 0) is 9.53 Å². The molecule has 0 saturated heterocycles. The first-order valence-electron chi connectivity index (χ1n) is 8.34. The van der Waals surface area contributed by atoms with Crippen molar-refractivity contribution in [2.45, 2.75) is 19.4 Å². The number of nitrogens with one attached hydrogen (secondary N) is 1. The van der Waals surface area contributed by atoms with Crippen molar-refractivity contribution in [1.82, 2.24) is 9.97 Å². The molecule has 27 heavy (non-hydrogen) atoms. The molecule has 1 unspecified atom stereocenters. The zero-order chi connectivity index (χ0) is 18.8. The van der Waals surface area contributed by atoms with Crippen LogP contribution in [0.15, 0.2) is 53.3 Å². The van der Waals surface area contributed by atoms with Gasteiger partial charge < -0.3 is 9.15 Å². The lowest BCUT2D eigenvalue weighted by molar-refractivity contribution is -0.124. The lowest BCUT2D eigenvalue weighted by Crippen LogP contribution is -2.32. The third kappa shape index (κ3) is 3.52. The van der Waals surface area contributed by atoms with Crippen LogP contribution in [0.2, 0.25) is 0 Å². The van der Waals surface area contributed by atoms with E-state index < -0.39 is 18.0 Å². The average molecular weight is 381 g/mol. The predicted molar refractivity (Wildman–Crippen MR) is 102 cm³/mol. The van der Waals surface area contributed by atoms with E-state index in [1.165, 1.54) is 17.7 Å². The molecule has 2 aromatic heterocycles. The summed E-state index contributed by atoms with van der Waals surface area (Å²) < 4.78 is 11.5. The largest absolute Gasteiger partial charge is 0.449 e. The van der Waals surface area contributed by atoms with Gasteiger partial charge in [-0.1, -0.05) is 30.4 Å². The van der Waals surface area contributed by atoms with Gasteiger partial charge in [-0.2, -0.15) is 0 Å². The molecule has 0 bridgehead atoms. The van der Waals surface area contributed by atoms with E-state index in [2.05, 4.69) is 15.3 Å². The van der Waals surface area contributed by atoms with Crippen LogP contribution in [0, 0.1) is 0 Å². The number of carbonyl (C=O) groups is 2. The van der Waals surface area contributed by atoms with Crippen molar-refractivity contribution in [3.63, 3.8) is 0 Å². The minimum absolute atomic E-state index is 0.297. The normalized spacial score (nSPS) is 12.2. The number of aromatic nitrogens is 2. The van der Waals surface area contributed by atoms with Gasteiger partial charge in [0.2, 0.25) is 0 Å². The maximum absolute atomic E-state index is 12.5. The van der Waals surface area contributed by atoms with Crippen LogP contribution in [0.5, 0.6) is 0 Å². The maximum Gasteiger partial charge on any atom is 0.339 e. The summed E-state index contributed by atoms with van der Waals surface area (Å²) in [5.41, 5.74) is 2.23. The van der Waals surface area contributed by atoms with Crippen molar-refractivity contribution in [3.8, 4) is 0 Å². The fourth-order valence-electron chi connectivity index (χ4n) is 2.61. The number of nitrogens with zero attached hydrogens (tertiary/aromatic N) is 2. The number of hydrogen-bond acceptors (Lipinski definition) is 7. The Balaban J connectivity index is 1.47. The number of benzene rings is 2. The van der Waals surface area contributed by atoms with Crippen molar-refractivity contribution in [1.29, 1.82) is 0 Å². The zero-order valence-electron chi connectivity index (χ0n) is 14.3. The van der Waals surface area contributed by atoms with E-state index in [4.69, 9.17) is 9.15 Å². The molecule has 0 saturated carbocycles. The van der Waals surface area contributed by atoms with Gasteiger partial charge in [-0.15, -0.1) is 0 Å². The van der Waals surface area contributed by atoms with E-state index in [0.29, 0.717) is 28.2 Å². The van der Waals surface area contributed by atoms with Gasteiger partial charge in [-0.25, -0.2) is 14.8 Å². The molecule has 0 spiro atoms. The predicted octanol–water partition coefficient (Wildman–Crippen LogP) is 4.01. The highest BCUT2D eigenvalue weighted by molar-refractivity contribution is 7.22. The molecule has 7 nitrogen and oxygen atoms in total. The Labute approximate surface area is 158 Å². The number of ether oxygens (including phenoxy) is 1. The Morgan fingerprint density at radius 2 is 2.07 bits per heavy atom. The van der Waals surface area contributed by atoms with E-state index in [0.717, 1.165) is 10.2 Å². The highest BCUT2D eigenvalue weighted by atomic mass is 32.1. The summed E-state index contributed by atoms with van der Waals surface area (Å²) >= 11 is 1.37. The van der Waals surface area contributed by atoms with Gasteiger partial charge in [-0.3, -0.25) is 10.1 Å². The van der Waals surface area contributed by atoms with E-state index in [9.17, 15) is 9.59 Å². The number of rotatable bonds is 5. The Hall–Kier alpha value is -3.26. The van der Waals surface area contributed by atoms with E-state index in [-0.39, 0.29) is 0 Å². The van der Waals surface area contributed by atoms with Crippen LogP contribution in [0.3, 0.4) is 0 Å². The quantitative estimate of drug-likeness (QED) is 0.525. The summed E-state index contributed by atoms with van der Waals surface area (Å²) in [4.78, 5) is 33.3. The highest BCUT2D eigenvalue weighted by Gasteiger charge is 2.23. The molecular weight excluding hydrogens is 366 g/mol. The molecule has 1 amide bonds. The Morgan fingerprint density at radius 1 is 1.22 bits per heavy atom. The summed E-state index contributed by atoms with van der Waals surface area (Å²) in [5.74, 6) is -1.01. The van der Waals surface area contributed by atoms with Crippen LogP contribution in [0.1, 0.15) is 23.7 Å². The van der Waals surface area contributed by atoms with Crippen molar-refractivity contribution in [2.75, 3.05) is 5.32 Å². The van der Waals surface area contributed by atoms with Gasteiger partial charge in [0, 0.05) is 0 Å². The molecule has 2 aromatic carbocycles. The zero-order valence-corrected chi connectivity index (χ0v) is 15.2. The van der Waals surface area contributed by atoms with E-state index in [1.807, 2.05) is 24.3 Å². The third-order valence-electron chi connectivity index (χ3n) is 4.00. The summed E-state index contributed by atoms with van der Waals surface area (Å²) in [6, 6.07) is 12.4. The SMILES string of the molecule is CCC(OC(=O)c1ccc2ncoc2c1)C(=O)Nc1nc2ccccc2s1. The second kappa shape index (κ2) is 7.16. The van der Waals surface area contributed by atoms with Crippen molar-refractivity contribution >= 4 is 49.7 Å². The number of oxazole rings is 1. The van der Waals surface area contributed by atoms with Crippen molar-refractivity contribution < 1.29 is 18.7 Å². The van der Waals surface area contributed by atoms with Crippen LogP contribution >= 0.6 is 11.3 Å². The highest BCUT2D eigenvalue weighted by Crippen LogP contribution is 2.25. The first-order chi connectivity index (χ1) is 13.1. The second-order valence-electron chi connectivity index (χ2n) is 5.81. The molecule has 0 aliphatic heterocycles.